The molecule has 0 unspecified atom stereocenters. The molecule has 3 heterocycles. The molecule has 13 nitrogen and oxygen atoms in total. The lowest BCUT2D eigenvalue weighted by molar-refractivity contribution is -0.0659. The van der Waals surface area contributed by atoms with Gasteiger partial charge in [-0.05, 0) is 35.9 Å². The van der Waals surface area contributed by atoms with Crippen LogP contribution in [0.4, 0.5) is 4.39 Å². The molecular weight excluding hydrogens is 579 g/mol. The Labute approximate surface area is 247 Å². The van der Waals surface area contributed by atoms with E-state index in [0.717, 1.165) is 10.8 Å². The average Bonchev–Trinajstić information content (AvgIpc) is 3.45. The fourth-order valence-corrected chi connectivity index (χ4v) is 4.34. The molecule has 0 amide bonds. The van der Waals surface area contributed by atoms with Gasteiger partial charge < -0.3 is 24.1 Å². The predicted molar refractivity (Wildman–Crippen MR) is 147 cm³/mol. The molecule has 44 heavy (non-hydrogen) atoms. The SMILES string of the molecule is N#Cc1ccc(OC(=O)c2ccccc2)nc1OC(=O)c1ccc(CO[C@H]2C[C@H](n3cc(F)c(=O)[nH]c3=O)O[C@@H]2CO)cc1. The summed E-state index contributed by atoms with van der Waals surface area (Å²) in [7, 11) is 0. The highest BCUT2D eigenvalue weighted by molar-refractivity contribution is 5.91. The minimum Gasteiger partial charge on any atom is -0.404 e. The van der Waals surface area contributed by atoms with E-state index < -0.39 is 54.0 Å². The van der Waals surface area contributed by atoms with Crippen molar-refractivity contribution in [2.45, 2.75) is 31.5 Å². The molecule has 5 rings (SSSR count). The maximum absolute atomic E-state index is 13.7. The van der Waals surface area contributed by atoms with E-state index in [4.69, 9.17) is 18.9 Å². The Morgan fingerprint density at radius 1 is 1.05 bits per heavy atom. The number of halogens is 1. The molecule has 2 aromatic heterocycles. The number of carbonyl (C=O) groups excluding carboxylic acids is 2. The molecule has 0 aliphatic carbocycles. The summed E-state index contributed by atoms with van der Waals surface area (Å²) in [5.74, 6) is -3.16. The van der Waals surface area contributed by atoms with Crippen molar-refractivity contribution in [3.8, 4) is 17.8 Å². The Morgan fingerprint density at radius 3 is 2.45 bits per heavy atom. The zero-order valence-electron chi connectivity index (χ0n) is 22.7. The van der Waals surface area contributed by atoms with Crippen molar-refractivity contribution >= 4 is 11.9 Å². The zero-order chi connectivity index (χ0) is 31.2. The Balaban J connectivity index is 1.21. The van der Waals surface area contributed by atoms with Gasteiger partial charge in [-0.2, -0.15) is 14.6 Å². The molecule has 2 N–H and O–H groups in total. The van der Waals surface area contributed by atoms with Gasteiger partial charge >= 0.3 is 17.6 Å². The van der Waals surface area contributed by atoms with Crippen LogP contribution in [0.15, 0.2) is 82.5 Å². The summed E-state index contributed by atoms with van der Waals surface area (Å²) >= 11 is 0. The van der Waals surface area contributed by atoms with Gasteiger partial charge in [0.25, 0.3) is 5.56 Å². The first-order chi connectivity index (χ1) is 21.2. The summed E-state index contributed by atoms with van der Waals surface area (Å²) in [5.41, 5.74) is -1.01. The van der Waals surface area contributed by atoms with Crippen LogP contribution in [-0.4, -0.2) is 50.4 Å². The van der Waals surface area contributed by atoms with E-state index in [-0.39, 0.29) is 41.5 Å². The van der Waals surface area contributed by atoms with Crippen LogP contribution < -0.4 is 20.7 Å². The number of nitriles is 1. The van der Waals surface area contributed by atoms with E-state index in [2.05, 4.69) is 4.98 Å². The number of nitrogens with zero attached hydrogens (tertiary/aromatic N) is 3. The van der Waals surface area contributed by atoms with Gasteiger partial charge in [0.15, 0.2) is 0 Å². The molecule has 0 saturated carbocycles. The number of hydrogen-bond donors (Lipinski definition) is 2. The first kappa shape index (κ1) is 30.0. The van der Waals surface area contributed by atoms with E-state index in [0.29, 0.717) is 5.56 Å². The van der Waals surface area contributed by atoms with Gasteiger partial charge in [0, 0.05) is 12.5 Å². The van der Waals surface area contributed by atoms with E-state index >= 15 is 0 Å². The van der Waals surface area contributed by atoms with E-state index in [9.17, 15) is 33.9 Å². The summed E-state index contributed by atoms with van der Waals surface area (Å²) in [6, 6.07) is 18.8. The van der Waals surface area contributed by atoms with Crippen LogP contribution in [0.2, 0.25) is 0 Å². The number of nitrogens with one attached hydrogen (secondary N) is 1. The van der Waals surface area contributed by atoms with Gasteiger partial charge in [-0.15, -0.1) is 0 Å². The molecule has 3 atom stereocenters. The van der Waals surface area contributed by atoms with Gasteiger partial charge in [0.1, 0.15) is 24.0 Å². The second-order valence-electron chi connectivity index (χ2n) is 9.50. The van der Waals surface area contributed by atoms with Crippen LogP contribution in [0.1, 0.15) is 44.5 Å². The largest absolute Gasteiger partial charge is 0.404 e. The van der Waals surface area contributed by atoms with E-state index in [1.807, 2.05) is 11.1 Å². The number of rotatable bonds is 9. The highest BCUT2D eigenvalue weighted by atomic mass is 19.1. The Hall–Kier alpha value is -5.49. The topological polar surface area (TPSA) is 183 Å². The van der Waals surface area contributed by atoms with Crippen LogP contribution in [0, 0.1) is 17.1 Å². The fraction of sp³-hybridized carbons (Fsp3) is 0.200. The van der Waals surface area contributed by atoms with Crippen molar-refractivity contribution in [2.75, 3.05) is 6.61 Å². The summed E-state index contributed by atoms with van der Waals surface area (Å²) in [5, 5.41) is 19.1. The number of carbonyl (C=O) groups is 2. The minimum atomic E-state index is -1.16. The summed E-state index contributed by atoms with van der Waals surface area (Å²) < 4.78 is 36.7. The highest BCUT2D eigenvalue weighted by Crippen LogP contribution is 2.30. The van der Waals surface area contributed by atoms with Crippen molar-refractivity contribution < 1.29 is 38.0 Å². The molecule has 4 aromatic rings. The number of esters is 2. The van der Waals surface area contributed by atoms with Crippen molar-refractivity contribution in [2.24, 2.45) is 0 Å². The number of ether oxygens (including phenoxy) is 4. The van der Waals surface area contributed by atoms with Gasteiger partial charge in [-0.25, -0.2) is 14.4 Å². The van der Waals surface area contributed by atoms with Crippen LogP contribution in [0.5, 0.6) is 11.8 Å². The molecule has 224 valence electrons. The van der Waals surface area contributed by atoms with Crippen LogP contribution >= 0.6 is 0 Å². The normalized spacial score (nSPS) is 17.5. The lowest BCUT2D eigenvalue weighted by Gasteiger charge is -2.16. The molecule has 1 aliphatic rings. The first-order valence-electron chi connectivity index (χ1n) is 13.1. The number of aliphatic hydroxyl groups is 1. The smallest absolute Gasteiger partial charge is 0.344 e. The zero-order valence-corrected chi connectivity index (χ0v) is 22.7. The second kappa shape index (κ2) is 13.2. The number of H-pyrrole nitrogens is 1. The van der Waals surface area contributed by atoms with E-state index in [1.165, 1.54) is 24.3 Å². The van der Waals surface area contributed by atoms with Crippen molar-refractivity contribution in [1.29, 1.82) is 5.26 Å². The van der Waals surface area contributed by atoms with Crippen molar-refractivity contribution in [3.63, 3.8) is 0 Å². The third-order valence-electron chi connectivity index (χ3n) is 6.60. The molecule has 0 spiro atoms. The molecule has 2 aromatic carbocycles. The van der Waals surface area contributed by atoms with Crippen molar-refractivity contribution in [3.05, 3.63) is 122 Å². The van der Waals surface area contributed by atoms with Gasteiger partial charge in [-0.1, -0.05) is 30.3 Å². The number of aliphatic hydroxyl groups excluding tert-OH is 1. The molecule has 0 radical (unpaired) electrons. The predicted octanol–water partition coefficient (Wildman–Crippen LogP) is 2.25. The third kappa shape index (κ3) is 6.76. The quantitative estimate of drug-likeness (QED) is 0.268. The molecule has 1 aliphatic heterocycles. The molecular formula is C30H23FN4O9. The minimum absolute atomic E-state index is 0.0381. The van der Waals surface area contributed by atoms with Crippen LogP contribution in [0.25, 0.3) is 0 Å². The molecule has 0 bridgehead atoms. The summed E-state index contributed by atoms with van der Waals surface area (Å²) in [6.45, 7) is -0.395. The van der Waals surface area contributed by atoms with Crippen LogP contribution in [-0.2, 0) is 16.1 Å². The number of aromatic nitrogens is 3. The second-order valence-corrected chi connectivity index (χ2v) is 9.50. The van der Waals surface area contributed by atoms with Crippen molar-refractivity contribution in [1.82, 2.24) is 14.5 Å². The number of benzene rings is 2. The highest BCUT2D eigenvalue weighted by Gasteiger charge is 2.37. The lowest BCUT2D eigenvalue weighted by atomic mass is 10.1. The molecule has 1 fully saturated rings. The lowest BCUT2D eigenvalue weighted by Crippen LogP contribution is -2.34. The van der Waals surface area contributed by atoms with E-state index in [1.54, 1.807) is 42.5 Å². The van der Waals surface area contributed by atoms with Crippen LogP contribution in [0.3, 0.4) is 0 Å². The molecule has 14 heteroatoms. The first-order valence-corrected chi connectivity index (χ1v) is 13.1. The third-order valence-corrected chi connectivity index (χ3v) is 6.60. The Bertz CT molecular complexity index is 1830. The number of aromatic amines is 1. The van der Waals surface area contributed by atoms with Gasteiger partial charge in [-0.3, -0.25) is 14.3 Å². The number of pyridine rings is 1. The Kier molecular flexibility index (Phi) is 9.01. The fourth-order valence-electron chi connectivity index (χ4n) is 4.34. The summed E-state index contributed by atoms with van der Waals surface area (Å²) in [4.78, 5) is 54.4. The average molecular weight is 603 g/mol. The number of hydrogen-bond acceptors (Lipinski definition) is 11. The maximum atomic E-state index is 13.7. The van der Waals surface area contributed by atoms with Gasteiger partial charge in [0.2, 0.25) is 17.6 Å². The monoisotopic (exact) mass is 602 g/mol. The Morgan fingerprint density at radius 2 is 1.75 bits per heavy atom. The van der Waals surface area contributed by atoms with Gasteiger partial charge in [0.05, 0.1) is 36.6 Å². The maximum Gasteiger partial charge on any atom is 0.344 e. The molecule has 1 saturated heterocycles. The standard InChI is InChI=1S/C30H23FN4O9/c31-21-14-35(30(40)34-26(21)37)25-12-22(23(15-36)42-25)41-16-17-6-8-19(9-7-17)29(39)44-27-20(13-32)10-11-24(33-27)43-28(38)18-4-2-1-3-5-18/h1-11,14,22-23,25,36H,12,15-16H2,(H,34,37,40)/t22-,23+,25+/m0/s1. The summed E-state index contributed by atoms with van der Waals surface area (Å²) in [6.07, 6.45) is -1.63.